The summed E-state index contributed by atoms with van der Waals surface area (Å²) in [5.74, 6) is 4.65. The quantitative estimate of drug-likeness (QED) is 0.445. The molecule has 1 heterocycles. The number of aromatic nitrogens is 1. The van der Waals surface area contributed by atoms with Crippen molar-refractivity contribution >= 4 is 5.91 Å². The molecule has 1 unspecified atom stereocenters. The molecule has 1 atom stereocenters. The van der Waals surface area contributed by atoms with E-state index in [1.165, 1.54) is 0 Å². The number of hydrazine groups is 1. The molecule has 5 heteroatoms. The third-order valence-electron chi connectivity index (χ3n) is 2.38. The molecule has 1 aromatic rings. The number of ether oxygens (including phenoxy) is 1. The highest BCUT2D eigenvalue weighted by Crippen LogP contribution is 2.06. The van der Waals surface area contributed by atoms with Crippen LogP contribution < -0.4 is 11.3 Å². The van der Waals surface area contributed by atoms with Crippen molar-refractivity contribution in [3.05, 3.63) is 29.6 Å². The fourth-order valence-electron chi connectivity index (χ4n) is 1.48. The predicted octanol–water partition coefficient (Wildman–Crippen LogP) is 1.39. The van der Waals surface area contributed by atoms with Crippen LogP contribution in [0, 0.1) is 0 Å². The van der Waals surface area contributed by atoms with E-state index in [1.807, 2.05) is 13.0 Å². The van der Waals surface area contributed by atoms with E-state index in [1.54, 1.807) is 12.1 Å². The molecule has 0 aliphatic rings. The molecule has 0 aromatic carbocycles. The Kier molecular flexibility index (Phi) is 5.59. The molecule has 0 fully saturated rings. The molecule has 3 N–H and O–H groups in total. The highest BCUT2D eigenvalue weighted by atomic mass is 16.5. The maximum Gasteiger partial charge on any atom is 0.283 e. The standard InChI is InChI=1S/C12H19N3O2/c1-3-5-9(2)17-8-10-6-4-7-11(14-10)12(16)15-13/h4,6-7,9H,3,5,8,13H2,1-2H3,(H,15,16). The van der Waals surface area contributed by atoms with Gasteiger partial charge < -0.3 is 4.74 Å². The van der Waals surface area contributed by atoms with Crippen LogP contribution in [0.15, 0.2) is 18.2 Å². The van der Waals surface area contributed by atoms with Crippen LogP contribution in [0.5, 0.6) is 0 Å². The van der Waals surface area contributed by atoms with Gasteiger partial charge in [-0.25, -0.2) is 10.8 Å². The molecule has 0 aliphatic carbocycles. The summed E-state index contributed by atoms with van der Waals surface area (Å²) in [5, 5.41) is 0. The molecule has 94 valence electrons. The van der Waals surface area contributed by atoms with Gasteiger partial charge in [0.15, 0.2) is 0 Å². The van der Waals surface area contributed by atoms with Gasteiger partial charge in [0.1, 0.15) is 5.69 Å². The highest BCUT2D eigenvalue weighted by molar-refractivity contribution is 5.91. The summed E-state index contributed by atoms with van der Waals surface area (Å²) < 4.78 is 5.61. The van der Waals surface area contributed by atoms with Crippen molar-refractivity contribution in [2.24, 2.45) is 5.84 Å². The molecular weight excluding hydrogens is 218 g/mol. The predicted molar refractivity (Wildman–Crippen MR) is 65.0 cm³/mol. The first kappa shape index (κ1) is 13.6. The number of nitrogen functional groups attached to an aromatic ring is 1. The summed E-state index contributed by atoms with van der Waals surface area (Å²) in [7, 11) is 0. The Bertz CT molecular complexity index is 369. The summed E-state index contributed by atoms with van der Waals surface area (Å²) in [6, 6.07) is 5.20. The smallest absolute Gasteiger partial charge is 0.283 e. The van der Waals surface area contributed by atoms with E-state index in [2.05, 4.69) is 17.3 Å². The van der Waals surface area contributed by atoms with E-state index in [-0.39, 0.29) is 6.10 Å². The van der Waals surface area contributed by atoms with Crippen molar-refractivity contribution in [3.63, 3.8) is 0 Å². The van der Waals surface area contributed by atoms with E-state index < -0.39 is 5.91 Å². The number of hydrogen-bond donors (Lipinski definition) is 2. The average Bonchev–Trinajstić information content (AvgIpc) is 2.36. The first-order valence-corrected chi connectivity index (χ1v) is 5.75. The number of carbonyl (C=O) groups is 1. The molecule has 5 nitrogen and oxygen atoms in total. The minimum atomic E-state index is -0.395. The topological polar surface area (TPSA) is 77.2 Å². The first-order chi connectivity index (χ1) is 8.17. The van der Waals surface area contributed by atoms with Gasteiger partial charge in [-0.3, -0.25) is 10.2 Å². The Labute approximate surface area is 101 Å². The Morgan fingerprint density at radius 2 is 2.35 bits per heavy atom. The van der Waals surface area contributed by atoms with E-state index in [9.17, 15) is 4.79 Å². The van der Waals surface area contributed by atoms with E-state index in [4.69, 9.17) is 10.6 Å². The summed E-state index contributed by atoms with van der Waals surface area (Å²) in [6.07, 6.45) is 2.31. The van der Waals surface area contributed by atoms with Crippen molar-refractivity contribution in [2.45, 2.75) is 39.4 Å². The fourth-order valence-corrected chi connectivity index (χ4v) is 1.48. The molecule has 0 saturated carbocycles. The number of hydrogen-bond acceptors (Lipinski definition) is 4. The molecular formula is C12H19N3O2. The van der Waals surface area contributed by atoms with Crippen molar-refractivity contribution in [1.29, 1.82) is 0 Å². The monoisotopic (exact) mass is 237 g/mol. The maximum absolute atomic E-state index is 11.3. The van der Waals surface area contributed by atoms with Gasteiger partial charge in [-0.1, -0.05) is 19.4 Å². The van der Waals surface area contributed by atoms with Crippen LogP contribution in [0.2, 0.25) is 0 Å². The van der Waals surface area contributed by atoms with Gasteiger partial charge in [0.05, 0.1) is 18.4 Å². The SMILES string of the molecule is CCCC(C)OCc1cccc(C(=O)NN)n1. The van der Waals surface area contributed by atoms with Crippen molar-refractivity contribution in [3.8, 4) is 0 Å². The zero-order valence-corrected chi connectivity index (χ0v) is 10.3. The van der Waals surface area contributed by atoms with Crippen LogP contribution in [0.3, 0.4) is 0 Å². The minimum Gasteiger partial charge on any atom is -0.372 e. The number of carbonyl (C=O) groups excluding carboxylic acids is 1. The van der Waals surface area contributed by atoms with Crippen LogP contribution in [-0.4, -0.2) is 17.0 Å². The van der Waals surface area contributed by atoms with E-state index in [0.717, 1.165) is 18.5 Å². The van der Waals surface area contributed by atoms with Crippen LogP contribution in [0.4, 0.5) is 0 Å². The third-order valence-corrected chi connectivity index (χ3v) is 2.38. The zero-order chi connectivity index (χ0) is 12.7. The molecule has 1 amide bonds. The van der Waals surface area contributed by atoms with Crippen molar-refractivity contribution in [1.82, 2.24) is 10.4 Å². The Hall–Kier alpha value is -1.46. The lowest BCUT2D eigenvalue weighted by atomic mass is 10.2. The van der Waals surface area contributed by atoms with Gasteiger partial charge in [0.25, 0.3) is 5.91 Å². The summed E-state index contributed by atoms with van der Waals surface area (Å²) >= 11 is 0. The second-order valence-electron chi connectivity index (χ2n) is 3.90. The maximum atomic E-state index is 11.3. The number of nitrogens with zero attached hydrogens (tertiary/aromatic N) is 1. The van der Waals surface area contributed by atoms with E-state index >= 15 is 0 Å². The second kappa shape index (κ2) is 6.98. The molecule has 17 heavy (non-hydrogen) atoms. The molecule has 0 radical (unpaired) electrons. The van der Waals surface area contributed by atoms with Gasteiger partial charge in [0.2, 0.25) is 0 Å². The molecule has 1 aromatic heterocycles. The molecule has 1 rings (SSSR count). The van der Waals surface area contributed by atoms with Crippen LogP contribution >= 0.6 is 0 Å². The Morgan fingerprint density at radius 1 is 1.59 bits per heavy atom. The Morgan fingerprint density at radius 3 is 3.00 bits per heavy atom. The van der Waals surface area contributed by atoms with Gasteiger partial charge in [-0.15, -0.1) is 0 Å². The Balaban J connectivity index is 2.57. The largest absolute Gasteiger partial charge is 0.372 e. The number of nitrogens with one attached hydrogen (secondary N) is 1. The zero-order valence-electron chi connectivity index (χ0n) is 10.3. The second-order valence-corrected chi connectivity index (χ2v) is 3.90. The summed E-state index contributed by atoms with van der Waals surface area (Å²) in [4.78, 5) is 15.4. The van der Waals surface area contributed by atoms with Gasteiger partial charge in [0, 0.05) is 0 Å². The lowest BCUT2D eigenvalue weighted by molar-refractivity contribution is 0.0452. The van der Waals surface area contributed by atoms with Crippen LogP contribution in [0.1, 0.15) is 42.9 Å². The van der Waals surface area contributed by atoms with Crippen molar-refractivity contribution < 1.29 is 9.53 Å². The number of rotatable bonds is 6. The molecule has 0 aliphatic heterocycles. The molecule has 0 bridgehead atoms. The fraction of sp³-hybridized carbons (Fsp3) is 0.500. The van der Waals surface area contributed by atoms with Crippen molar-refractivity contribution in [2.75, 3.05) is 0 Å². The number of pyridine rings is 1. The van der Waals surface area contributed by atoms with Gasteiger partial charge in [-0.05, 0) is 25.5 Å². The highest BCUT2D eigenvalue weighted by Gasteiger charge is 2.07. The lowest BCUT2D eigenvalue weighted by Crippen LogP contribution is -2.30. The average molecular weight is 237 g/mol. The van der Waals surface area contributed by atoms with Gasteiger partial charge >= 0.3 is 0 Å². The van der Waals surface area contributed by atoms with Gasteiger partial charge in [-0.2, -0.15) is 0 Å². The first-order valence-electron chi connectivity index (χ1n) is 5.75. The van der Waals surface area contributed by atoms with E-state index in [0.29, 0.717) is 12.3 Å². The number of amides is 1. The lowest BCUT2D eigenvalue weighted by Gasteiger charge is -2.11. The number of nitrogens with two attached hydrogens (primary N) is 1. The third kappa shape index (κ3) is 4.50. The van der Waals surface area contributed by atoms with Crippen LogP contribution in [0.25, 0.3) is 0 Å². The normalized spacial score (nSPS) is 12.2. The molecule has 0 spiro atoms. The minimum absolute atomic E-state index is 0.203. The summed E-state index contributed by atoms with van der Waals surface area (Å²) in [5.41, 5.74) is 3.08. The summed E-state index contributed by atoms with van der Waals surface area (Å²) in [6.45, 7) is 4.55. The van der Waals surface area contributed by atoms with Crippen LogP contribution in [-0.2, 0) is 11.3 Å². The molecule has 0 saturated heterocycles.